The van der Waals surface area contributed by atoms with Gasteiger partial charge in [-0.3, -0.25) is 0 Å². The highest BCUT2D eigenvalue weighted by atomic mass is 16.5. The van der Waals surface area contributed by atoms with Crippen molar-refractivity contribution in [2.45, 2.75) is 33.1 Å². The Hall–Kier alpha value is -2.64. The lowest BCUT2D eigenvalue weighted by atomic mass is 9.96. The van der Waals surface area contributed by atoms with Crippen LogP contribution in [0.4, 0.5) is 10.5 Å². The maximum atomic E-state index is 12.6. The fourth-order valence-corrected chi connectivity index (χ4v) is 3.17. The van der Waals surface area contributed by atoms with Crippen LogP contribution in [0.25, 0.3) is 5.69 Å². The molecule has 1 saturated heterocycles. The minimum Gasteiger partial charge on any atom is -0.494 e. The average Bonchev–Trinajstić information content (AvgIpc) is 3.07. The summed E-state index contributed by atoms with van der Waals surface area (Å²) in [5, 5.41) is 14.5. The summed E-state index contributed by atoms with van der Waals surface area (Å²) in [4.78, 5) is 14.5. The van der Waals surface area contributed by atoms with Gasteiger partial charge in [0.25, 0.3) is 0 Å². The molecule has 1 fully saturated rings. The van der Waals surface area contributed by atoms with Crippen LogP contribution in [-0.2, 0) is 0 Å². The molecule has 134 valence electrons. The number of amides is 2. The Labute approximate surface area is 147 Å². The molecular formula is C17H24N6O2. The first-order valence-corrected chi connectivity index (χ1v) is 8.61. The van der Waals surface area contributed by atoms with Gasteiger partial charge in [0.1, 0.15) is 11.4 Å². The van der Waals surface area contributed by atoms with Crippen molar-refractivity contribution in [1.82, 2.24) is 25.1 Å². The van der Waals surface area contributed by atoms with Gasteiger partial charge in [0.05, 0.1) is 7.11 Å². The second kappa shape index (κ2) is 7.50. The number of ether oxygens (including phenoxy) is 1. The van der Waals surface area contributed by atoms with Crippen molar-refractivity contribution in [2.24, 2.45) is 5.92 Å². The smallest absolute Gasteiger partial charge is 0.321 e. The summed E-state index contributed by atoms with van der Waals surface area (Å²) >= 11 is 0. The van der Waals surface area contributed by atoms with E-state index in [0.717, 1.165) is 25.9 Å². The predicted molar refractivity (Wildman–Crippen MR) is 94.0 cm³/mol. The fraction of sp³-hybridized carbons (Fsp3) is 0.529. The lowest BCUT2D eigenvalue weighted by Crippen LogP contribution is -2.42. The Kier molecular flexibility index (Phi) is 5.16. The van der Waals surface area contributed by atoms with Crippen LogP contribution >= 0.6 is 0 Å². The molecule has 0 radical (unpaired) electrons. The summed E-state index contributed by atoms with van der Waals surface area (Å²) in [7, 11) is 1.59. The van der Waals surface area contributed by atoms with Gasteiger partial charge in [-0.15, -0.1) is 5.10 Å². The topological polar surface area (TPSA) is 85.2 Å². The number of hydrogen-bond acceptors (Lipinski definition) is 5. The van der Waals surface area contributed by atoms with E-state index in [2.05, 4.69) is 27.8 Å². The molecule has 2 aromatic rings. The molecule has 1 aliphatic rings. The molecule has 8 nitrogen and oxygen atoms in total. The normalized spacial score (nSPS) is 17.4. The molecule has 8 heteroatoms. The summed E-state index contributed by atoms with van der Waals surface area (Å²) in [6.45, 7) is 5.61. The van der Waals surface area contributed by atoms with E-state index in [0.29, 0.717) is 28.9 Å². The highest BCUT2D eigenvalue weighted by Gasteiger charge is 2.23. The Morgan fingerprint density at radius 1 is 1.44 bits per heavy atom. The zero-order chi connectivity index (χ0) is 17.8. The van der Waals surface area contributed by atoms with E-state index in [4.69, 9.17) is 4.74 Å². The van der Waals surface area contributed by atoms with E-state index in [9.17, 15) is 4.79 Å². The lowest BCUT2D eigenvalue weighted by molar-refractivity contribution is 0.176. The maximum absolute atomic E-state index is 12.6. The van der Waals surface area contributed by atoms with E-state index in [1.54, 1.807) is 17.9 Å². The summed E-state index contributed by atoms with van der Waals surface area (Å²) in [6, 6.07) is 5.38. The number of methoxy groups -OCH3 is 1. The highest BCUT2D eigenvalue weighted by Crippen LogP contribution is 2.27. The number of aromatic nitrogens is 4. The van der Waals surface area contributed by atoms with Crippen molar-refractivity contribution in [3.63, 3.8) is 0 Å². The number of urea groups is 1. The largest absolute Gasteiger partial charge is 0.494 e. The SMILES string of the molecule is CC[C@@H]1CCCN(C(=O)Nc2ccc(OC)c(-n3nnnc3C)c2)C1. The first-order chi connectivity index (χ1) is 12.1. The van der Waals surface area contributed by atoms with Crippen molar-refractivity contribution in [3.05, 3.63) is 24.0 Å². The van der Waals surface area contributed by atoms with Crippen molar-refractivity contribution < 1.29 is 9.53 Å². The molecule has 0 aliphatic carbocycles. The monoisotopic (exact) mass is 344 g/mol. The number of rotatable bonds is 4. The van der Waals surface area contributed by atoms with Crippen LogP contribution in [0.1, 0.15) is 32.0 Å². The van der Waals surface area contributed by atoms with Gasteiger partial charge in [-0.05, 0) is 54.3 Å². The number of hydrogen-bond donors (Lipinski definition) is 1. The number of carbonyl (C=O) groups excluding carboxylic acids is 1. The summed E-state index contributed by atoms with van der Waals surface area (Å²) in [6.07, 6.45) is 3.37. The summed E-state index contributed by atoms with van der Waals surface area (Å²) in [5.74, 6) is 1.87. The van der Waals surface area contributed by atoms with E-state index in [1.165, 1.54) is 6.42 Å². The molecule has 0 saturated carbocycles. The number of aryl methyl sites for hydroxylation is 1. The van der Waals surface area contributed by atoms with Gasteiger partial charge in [-0.1, -0.05) is 13.3 Å². The molecule has 2 heterocycles. The van der Waals surface area contributed by atoms with Crippen LogP contribution in [0.2, 0.25) is 0 Å². The number of nitrogens with one attached hydrogen (secondary N) is 1. The number of benzene rings is 1. The summed E-state index contributed by atoms with van der Waals surface area (Å²) in [5.41, 5.74) is 1.38. The van der Waals surface area contributed by atoms with Crippen molar-refractivity contribution in [3.8, 4) is 11.4 Å². The Morgan fingerprint density at radius 2 is 2.28 bits per heavy atom. The third kappa shape index (κ3) is 3.72. The zero-order valence-corrected chi connectivity index (χ0v) is 14.9. The van der Waals surface area contributed by atoms with Crippen LogP contribution in [0, 0.1) is 12.8 Å². The lowest BCUT2D eigenvalue weighted by Gasteiger charge is -2.32. The van der Waals surface area contributed by atoms with Gasteiger partial charge < -0.3 is 15.0 Å². The maximum Gasteiger partial charge on any atom is 0.321 e. The minimum atomic E-state index is -0.0669. The van der Waals surface area contributed by atoms with Crippen LogP contribution in [0.3, 0.4) is 0 Å². The van der Waals surface area contributed by atoms with Crippen LogP contribution < -0.4 is 10.1 Å². The average molecular weight is 344 g/mol. The first kappa shape index (κ1) is 17.2. The molecule has 1 aromatic heterocycles. The Morgan fingerprint density at radius 3 is 2.96 bits per heavy atom. The molecule has 25 heavy (non-hydrogen) atoms. The van der Waals surface area contributed by atoms with Crippen LogP contribution in [-0.4, -0.2) is 51.3 Å². The van der Waals surface area contributed by atoms with Crippen LogP contribution in [0.5, 0.6) is 5.75 Å². The molecule has 1 N–H and O–H groups in total. The fourth-order valence-electron chi connectivity index (χ4n) is 3.17. The number of nitrogens with zero attached hydrogens (tertiary/aromatic N) is 5. The van der Waals surface area contributed by atoms with Crippen molar-refractivity contribution in [2.75, 3.05) is 25.5 Å². The Balaban J connectivity index is 1.79. The second-order valence-electron chi connectivity index (χ2n) is 6.32. The molecule has 1 aromatic carbocycles. The number of carbonyl (C=O) groups is 1. The predicted octanol–water partition coefficient (Wildman–Crippen LogP) is 2.63. The van der Waals surface area contributed by atoms with Gasteiger partial charge >= 0.3 is 6.03 Å². The third-order valence-electron chi connectivity index (χ3n) is 4.67. The Bertz CT molecular complexity index is 744. The van der Waals surface area contributed by atoms with E-state index in [-0.39, 0.29) is 6.03 Å². The van der Waals surface area contributed by atoms with Gasteiger partial charge in [-0.2, -0.15) is 4.68 Å². The number of piperidine rings is 1. The molecule has 0 unspecified atom stereocenters. The zero-order valence-electron chi connectivity index (χ0n) is 14.9. The number of tetrazole rings is 1. The minimum absolute atomic E-state index is 0.0669. The van der Waals surface area contributed by atoms with Crippen molar-refractivity contribution in [1.29, 1.82) is 0 Å². The van der Waals surface area contributed by atoms with E-state index in [1.807, 2.05) is 24.0 Å². The molecule has 0 bridgehead atoms. The quantitative estimate of drug-likeness (QED) is 0.921. The number of likely N-dealkylation sites (tertiary alicyclic amines) is 1. The van der Waals surface area contributed by atoms with Gasteiger partial charge in [0, 0.05) is 18.8 Å². The van der Waals surface area contributed by atoms with Crippen molar-refractivity contribution >= 4 is 11.7 Å². The van der Waals surface area contributed by atoms with Crippen LogP contribution in [0.15, 0.2) is 18.2 Å². The summed E-state index contributed by atoms with van der Waals surface area (Å²) < 4.78 is 6.98. The molecule has 2 amide bonds. The molecule has 1 aliphatic heterocycles. The van der Waals surface area contributed by atoms with Gasteiger partial charge in [0.2, 0.25) is 0 Å². The molecular weight excluding hydrogens is 320 g/mol. The second-order valence-corrected chi connectivity index (χ2v) is 6.32. The van der Waals surface area contributed by atoms with Gasteiger partial charge in [0.15, 0.2) is 5.82 Å². The third-order valence-corrected chi connectivity index (χ3v) is 4.67. The van der Waals surface area contributed by atoms with Gasteiger partial charge in [-0.25, -0.2) is 4.79 Å². The standard InChI is InChI=1S/C17H24N6O2/c1-4-13-6-5-9-22(11-13)17(24)18-14-7-8-16(25-3)15(10-14)23-12(2)19-20-21-23/h7-8,10,13H,4-6,9,11H2,1-3H3,(H,18,24)/t13-/m1/s1. The van der Waals surface area contributed by atoms with E-state index < -0.39 is 0 Å². The molecule has 1 atom stereocenters. The number of anilines is 1. The molecule has 0 spiro atoms. The first-order valence-electron chi connectivity index (χ1n) is 8.61. The molecule has 3 rings (SSSR count). The highest BCUT2D eigenvalue weighted by molar-refractivity contribution is 5.90. The van der Waals surface area contributed by atoms with E-state index >= 15 is 0 Å².